The highest BCUT2D eigenvalue weighted by atomic mass is 16.6. The van der Waals surface area contributed by atoms with Gasteiger partial charge in [-0.1, -0.05) is 85.9 Å². The van der Waals surface area contributed by atoms with Crippen molar-refractivity contribution >= 4 is 6.09 Å². The van der Waals surface area contributed by atoms with Crippen molar-refractivity contribution in [3.8, 4) is 11.1 Å². The minimum absolute atomic E-state index is 0.120. The van der Waals surface area contributed by atoms with Crippen molar-refractivity contribution < 1.29 is 9.53 Å². The lowest BCUT2D eigenvalue weighted by atomic mass is 9.91. The first-order valence-corrected chi connectivity index (χ1v) is 12.1. The molecule has 6 rings (SSSR count). The van der Waals surface area contributed by atoms with E-state index in [0.29, 0.717) is 12.6 Å². The number of hydrogen-bond acceptors (Lipinski definition) is 2. The van der Waals surface area contributed by atoms with E-state index in [2.05, 4.69) is 54.6 Å². The molecule has 2 aromatic rings. The Morgan fingerprint density at radius 3 is 2.26 bits per heavy atom. The zero-order valence-electron chi connectivity index (χ0n) is 18.1. The van der Waals surface area contributed by atoms with Gasteiger partial charge in [0.2, 0.25) is 0 Å². The Morgan fingerprint density at radius 1 is 0.903 bits per heavy atom. The molecule has 1 saturated heterocycles. The maximum Gasteiger partial charge on any atom is 0.410 e. The van der Waals surface area contributed by atoms with Crippen LogP contribution in [0.2, 0.25) is 0 Å². The van der Waals surface area contributed by atoms with E-state index in [0.717, 1.165) is 25.2 Å². The van der Waals surface area contributed by atoms with Gasteiger partial charge in [-0.15, -0.1) is 0 Å². The number of hydrogen-bond donors (Lipinski definition) is 0. The van der Waals surface area contributed by atoms with Gasteiger partial charge in [0.25, 0.3) is 0 Å². The van der Waals surface area contributed by atoms with E-state index >= 15 is 0 Å². The molecular weight excluding hydrogens is 382 g/mol. The fourth-order valence-electron chi connectivity index (χ4n) is 6.61. The lowest BCUT2D eigenvalue weighted by molar-refractivity contribution is 0.0847. The van der Waals surface area contributed by atoms with Crippen LogP contribution in [-0.4, -0.2) is 29.7 Å². The Morgan fingerprint density at radius 2 is 1.58 bits per heavy atom. The summed E-state index contributed by atoms with van der Waals surface area (Å²) >= 11 is 0. The molecule has 2 fully saturated rings. The maximum absolute atomic E-state index is 13.2. The van der Waals surface area contributed by atoms with Crippen molar-refractivity contribution in [2.75, 3.05) is 6.61 Å². The number of nitrogens with zero attached hydrogens (tertiary/aromatic N) is 1. The lowest BCUT2D eigenvalue weighted by Gasteiger charge is -2.34. The minimum atomic E-state index is -0.120. The van der Waals surface area contributed by atoms with Crippen molar-refractivity contribution in [1.82, 2.24) is 4.90 Å². The van der Waals surface area contributed by atoms with Gasteiger partial charge < -0.3 is 4.74 Å². The number of benzene rings is 2. The third-order valence-corrected chi connectivity index (χ3v) is 8.04. The number of ether oxygens (including phenoxy) is 1. The first-order valence-electron chi connectivity index (χ1n) is 12.1. The fourth-order valence-corrected chi connectivity index (χ4v) is 6.61. The van der Waals surface area contributed by atoms with E-state index in [1.165, 1.54) is 54.4 Å². The Hall–Kier alpha value is -2.55. The normalized spacial score (nSPS) is 24.8. The van der Waals surface area contributed by atoms with Crippen LogP contribution in [0, 0.1) is 5.92 Å². The molecule has 31 heavy (non-hydrogen) atoms. The summed E-state index contributed by atoms with van der Waals surface area (Å²) < 4.78 is 5.99. The van der Waals surface area contributed by atoms with E-state index in [1.54, 1.807) is 5.57 Å². The van der Waals surface area contributed by atoms with Crippen LogP contribution in [0.25, 0.3) is 11.1 Å². The molecule has 2 aromatic carbocycles. The summed E-state index contributed by atoms with van der Waals surface area (Å²) in [6, 6.07) is 17.6. The molecule has 0 spiro atoms. The van der Waals surface area contributed by atoms with Crippen LogP contribution in [0.3, 0.4) is 0 Å². The SMILES string of the molecule is O=C(OCC1c2ccccc2-c2ccccc21)N1C2C=C(CC3CCCC3)CC1CC2. The number of carbonyl (C=O) groups excluding carboxylic acids is 1. The van der Waals surface area contributed by atoms with E-state index < -0.39 is 0 Å². The molecule has 2 bridgehead atoms. The van der Waals surface area contributed by atoms with Crippen LogP contribution in [0.15, 0.2) is 60.2 Å². The summed E-state index contributed by atoms with van der Waals surface area (Å²) in [7, 11) is 0. The van der Waals surface area contributed by atoms with Gasteiger partial charge in [0, 0.05) is 12.0 Å². The Kier molecular flexibility index (Phi) is 4.85. The number of fused-ring (bicyclic) bond motifs is 5. The Labute approximate surface area is 185 Å². The van der Waals surface area contributed by atoms with Crippen molar-refractivity contribution in [2.24, 2.45) is 5.92 Å². The van der Waals surface area contributed by atoms with Crippen molar-refractivity contribution in [3.05, 3.63) is 71.3 Å². The van der Waals surface area contributed by atoms with Gasteiger partial charge in [-0.2, -0.15) is 0 Å². The summed E-state index contributed by atoms with van der Waals surface area (Å²) in [5.41, 5.74) is 6.70. The van der Waals surface area contributed by atoms with Gasteiger partial charge in [-0.25, -0.2) is 4.79 Å². The predicted molar refractivity (Wildman–Crippen MR) is 123 cm³/mol. The number of rotatable bonds is 4. The number of carbonyl (C=O) groups is 1. The van der Waals surface area contributed by atoms with Crippen LogP contribution in [0.4, 0.5) is 4.79 Å². The van der Waals surface area contributed by atoms with Gasteiger partial charge in [0.15, 0.2) is 0 Å². The van der Waals surface area contributed by atoms with Crippen LogP contribution in [-0.2, 0) is 4.74 Å². The summed E-state index contributed by atoms with van der Waals surface area (Å²) in [5, 5.41) is 0. The van der Waals surface area contributed by atoms with Crippen molar-refractivity contribution in [2.45, 2.75) is 69.4 Å². The highest BCUT2D eigenvalue weighted by Gasteiger charge is 2.41. The topological polar surface area (TPSA) is 29.5 Å². The highest BCUT2D eigenvalue weighted by molar-refractivity contribution is 5.79. The lowest BCUT2D eigenvalue weighted by Crippen LogP contribution is -2.43. The van der Waals surface area contributed by atoms with Gasteiger partial charge in [0.05, 0.1) is 6.04 Å². The zero-order valence-corrected chi connectivity index (χ0v) is 18.1. The molecule has 2 atom stereocenters. The second-order valence-electron chi connectivity index (χ2n) is 9.89. The maximum atomic E-state index is 13.2. The van der Waals surface area contributed by atoms with E-state index in [1.807, 2.05) is 4.90 Å². The molecule has 160 valence electrons. The summed E-state index contributed by atoms with van der Waals surface area (Å²) in [4.78, 5) is 15.2. The molecule has 2 heterocycles. The first-order chi connectivity index (χ1) is 15.3. The summed E-state index contributed by atoms with van der Waals surface area (Å²) in [5.74, 6) is 1.01. The molecule has 0 aromatic heterocycles. The highest BCUT2D eigenvalue weighted by Crippen LogP contribution is 2.45. The third kappa shape index (κ3) is 3.39. The van der Waals surface area contributed by atoms with E-state index in [-0.39, 0.29) is 18.1 Å². The van der Waals surface area contributed by atoms with Gasteiger partial charge >= 0.3 is 6.09 Å². The molecule has 0 radical (unpaired) electrons. The quantitative estimate of drug-likeness (QED) is 0.523. The zero-order chi connectivity index (χ0) is 20.8. The molecule has 2 aliphatic heterocycles. The average Bonchev–Trinajstić information content (AvgIpc) is 3.48. The molecular formula is C28H31NO2. The molecule has 4 aliphatic rings. The monoisotopic (exact) mass is 413 g/mol. The Bertz CT molecular complexity index is 974. The van der Waals surface area contributed by atoms with Crippen LogP contribution >= 0.6 is 0 Å². The molecule has 0 N–H and O–H groups in total. The standard InChI is InChI=1S/C28H31NO2/c30-28(29-21-13-14-22(29)17-20(16-21)15-19-7-1-2-8-19)31-18-27-25-11-5-3-9-23(25)24-10-4-6-12-26(24)27/h3-6,9-12,16,19,21-22,27H,1-2,7-8,13-15,17-18H2. The largest absolute Gasteiger partial charge is 0.448 e. The van der Waals surface area contributed by atoms with Crippen molar-refractivity contribution in [1.29, 1.82) is 0 Å². The van der Waals surface area contributed by atoms with E-state index in [9.17, 15) is 4.79 Å². The second kappa shape index (κ2) is 7.85. The molecule has 2 aliphatic carbocycles. The van der Waals surface area contributed by atoms with Crippen LogP contribution in [0.5, 0.6) is 0 Å². The molecule has 2 unspecified atom stereocenters. The molecule has 1 amide bonds. The van der Waals surface area contributed by atoms with Crippen LogP contribution < -0.4 is 0 Å². The summed E-state index contributed by atoms with van der Waals surface area (Å²) in [6.07, 6.45) is 12.4. The molecule has 3 nitrogen and oxygen atoms in total. The van der Waals surface area contributed by atoms with E-state index in [4.69, 9.17) is 4.74 Å². The Balaban J connectivity index is 1.15. The smallest absolute Gasteiger partial charge is 0.410 e. The summed E-state index contributed by atoms with van der Waals surface area (Å²) in [6.45, 7) is 0.418. The second-order valence-corrected chi connectivity index (χ2v) is 9.89. The fraction of sp³-hybridized carbons (Fsp3) is 0.464. The van der Waals surface area contributed by atoms with Gasteiger partial charge in [-0.05, 0) is 53.9 Å². The van der Waals surface area contributed by atoms with Gasteiger partial charge in [-0.3, -0.25) is 4.90 Å². The number of amides is 1. The molecule has 3 heteroatoms. The van der Waals surface area contributed by atoms with Crippen molar-refractivity contribution in [3.63, 3.8) is 0 Å². The average molecular weight is 414 g/mol. The molecule has 1 saturated carbocycles. The van der Waals surface area contributed by atoms with Crippen LogP contribution in [0.1, 0.15) is 68.4 Å². The van der Waals surface area contributed by atoms with Gasteiger partial charge in [0.1, 0.15) is 6.61 Å². The minimum Gasteiger partial charge on any atom is -0.448 e. The predicted octanol–water partition coefficient (Wildman–Crippen LogP) is 6.68. The first kappa shape index (κ1) is 19.2. The third-order valence-electron chi connectivity index (χ3n) is 8.04.